The van der Waals surface area contributed by atoms with Crippen molar-refractivity contribution in [2.45, 2.75) is 44.0 Å². The molecule has 4 aromatic rings. The number of nitrogens with one attached hydrogen (secondary N) is 1. The normalized spacial score (nSPS) is 20.7. The minimum Gasteiger partial charge on any atom is -0.392 e. The molecular formula is C29H29F3N4O2S. The van der Waals surface area contributed by atoms with Crippen LogP contribution in [0.15, 0.2) is 54.6 Å². The van der Waals surface area contributed by atoms with Gasteiger partial charge in [0.15, 0.2) is 0 Å². The van der Waals surface area contributed by atoms with Crippen LogP contribution in [0.2, 0.25) is 0 Å². The number of thiophene rings is 1. The molecule has 39 heavy (non-hydrogen) atoms. The third kappa shape index (κ3) is 5.46. The van der Waals surface area contributed by atoms with Gasteiger partial charge in [-0.15, -0.1) is 11.3 Å². The average Bonchev–Trinajstić information content (AvgIpc) is 3.67. The van der Waals surface area contributed by atoms with Gasteiger partial charge < -0.3 is 15.0 Å². The molecule has 6 nitrogen and oxygen atoms in total. The molecule has 0 bridgehead atoms. The van der Waals surface area contributed by atoms with Crippen molar-refractivity contribution in [2.75, 3.05) is 26.2 Å². The molecule has 0 spiro atoms. The SMILES string of the molecule is O=C(c1ccc(-c2ccc(-c3nc4ccc(C(F)(F)F)cc4[nH]3)s2)cc1)N1CCCCC1CN1CCC(O)C1. The number of aromatic nitrogens is 2. The molecule has 2 aliphatic rings. The molecule has 2 aromatic carbocycles. The Morgan fingerprint density at radius 2 is 1.82 bits per heavy atom. The molecule has 4 heterocycles. The lowest BCUT2D eigenvalue weighted by molar-refractivity contribution is -0.137. The number of aromatic amines is 1. The van der Waals surface area contributed by atoms with E-state index in [-0.39, 0.29) is 18.1 Å². The second-order valence-electron chi connectivity index (χ2n) is 10.4. The fourth-order valence-corrected chi connectivity index (χ4v) is 6.56. The van der Waals surface area contributed by atoms with Crippen LogP contribution in [-0.4, -0.2) is 69.1 Å². The first kappa shape index (κ1) is 26.0. The number of H-pyrrole nitrogens is 1. The van der Waals surface area contributed by atoms with E-state index in [2.05, 4.69) is 14.9 Å². The Balaban J connectivity index is 1.17. The van der Waals surface area contributed by atoms with Gasteiger partial charge in [0.1, 0.15) is 5.82 Å². The van der Waals surface area contributed by atoms with Gasteiger partial charge in [-0.3, -0.25) is 9.69 Å². The molecule has 2 unspecified atom stereocenters. The summed E-state index contributed by atoms with van der Waals surface area (Å²) in [6, 6.07) is 15.1. The zero-order valence-corrected chi connectivity index (χ0v) is 22.1. The zero-order valence-electron chi connectivity index (χ0n) is 21.2. The van der Waals surface area contributed by atoms with E-state index in [1.807, 2.05) is 41.3 Å². The molecule has 0 saturated carbocycles. The van der Waals surface area contributed by atoms with Crippen molar-refractivity contribution in [1.29, 1.82) is 0 Å². The fourth-order valence-electron chi connectivity index (χ4n) is 5.60. The number of alkyl halides is 3. The van der Waals surface area contributed by atoms with Gasteiger partial charge in [-0.05, 0) is 73.7 Å². The second kappa shape index (κ2) is 10.4. The number of imidazole rings is 1. The van der Waals surface area contributed by atoms with Crippen LogP contribution in [-0.2, 0) is 6.18 Å². The molecule has 2 aromatic heterocycles. The van der Waals surface area contributed by atoms with E-state index < -0.39 is 11.7 Å². The average molecular weight is 555 g/mol. The molecule has 0 aliphatic carbocycles. The number of aliphatic hydroxyl groups is 1. The summed E-state index contributed by atoms with van der Waals surface area (Å²) in [4.78, 5) is 27.0. The Kier molecular flexibility index (Phi) is 6.95. The molecule has 2 atom stereocenters. The number of rotatable bonds is 5. The summed E-state index contributed by atoms with van der Waals surface area (Å²) < 4.78 is 39.2. The molecule has 1 amide bonds. The number of piperidine rings is 1. The molecule has 204 valence electrons. The fraction of sp³-hybridized carbons (Fsp3) is 0.379. The zero-order chi connectivity index (χ0) is 27.1. The third-order valence-electron chi connectivity index (χ3n) is 7.67. The van der Waals surface area contributed by atoms with Gasteiger partial charge in [0, 0.05) is 42.7 Å². The third-order valence-corrected chi connectivity index (χ3v) is 8.81. The van der Waals surface area contributed by atoms with Gasteiger partial charge in [-0.1, -0.05) is 12.1 Å². The Bertz CT molecular complexity index is 1480. The lowest BCUT2D eigenvalue weighted by Crippen LogP contribution is -2.49. The lowest BCUT2D eigenvalue weighted by atomic mass is 10.00. The maximum Gasteiger partial charge on any atom is 0.416 e. The quantitative estimate of drug-likeness (QED) is 0.316. The monoisotopic (exact) mass is 554 g/mol. The minimum atomic E-state index is -4.41. The number of halogens is 3. The Morgan fingerprint density at radius 3 is 2.56 bits per heavy atom. The van der Waals surface area contributed by atoms with Gasteiger partial charge in [0.25, 0.3) is 5.91 Å². The van der Waals surface area contributed by atoms with Crippen molar-refractivity contribution in [3.8, 4) is 21.1 Å². The van der Waals surface area contributed by atoms with Crippen LogP contribution in [0.5, 0.6) is 0 Å². The van der Waals surface area contributed by atoms with Crippen molar-refractivity contribution in [2.24, 2.45) is 0 Å². The van der Waals surface area contributed by atoms with Crippen molar-refractivity contribution in [3.05, 3.63) is 65.7 Å². The summed E-state index contributed by atoms with van der Waals surface area (Å²) in [7, 11) is 0. The summed E-state index contributed by atoms with van der Waals surface area (Å²) in [5.41, 5.74) is 1.72. The van der Waals surface area contributed by atoms with E-state index in [0.717, 1.165) is 72.8 Å². The maximum absolute atomic E-state index is 13.4. The molecule has 2 N–H and O–H groups in total. The van der Waals surface area contributed by atoms with Gasteiger partial charge in [-0.25, -0.2) is 4.98 Å². The summed E-state index contributed by atoms with van der Waals surface area (Å²) in [5.74, 6) is 0.562. The Morgan fingerprint density at radius 1 is 1.03 bits per heavy atom. The number of nitrogens with zero attached hydrogens (tertiary/aromatic N) is 3. The predicted molar refractivity (Wildman–Crippen MR) is 146 cm³/mol. The summed E-state index contributed by atoms with van der Waals surface area (Å²) in [6.07, 6.45) is -0.790. The highest BCUT2D eigenvalue weighted by atomic mass is 32.1. The molecule has 6 rings (SSSR count). The highest BCUT2D eigenvalue weighted by Crippen LogP contribution is 2.36. The van der Waals surface area contributed by atoms with Crippen LogP contribution >= 0.6 is 11.3 Å². The smallest absolute Gasteiger partial charge is 0.392 e. The van der Waals surface area contributed by atoms with E-state index in [4.69, 9.17) is 0 Å². The highest BCUT2D eigenvalue weighted by Gasteiger charge is 2.32. The first-order valence-electron chi connectivity index (χ1n) is 13.2. The number of aliphatic hydroxyl groups excluding tert-OH is 1. The largest absolute Gasteiger partial charge is 0.416 e. The van der Waals surface area contributed by atoms with Crippen LogP contribution in [0, 0.1) is 0 Å². The number of hydrogen-bond donors (Lipinski definition) is 2. The number of fused-ring (bicyclic) bond motifs is 1. The first-order chi connectivity index (χ1) is 18.7. The van der Waals surface area contributed by atoms with Gasteiger partial charge in [0.2, 0.25) is 0 Å². The second-order valence-corrected chi connectivity index (χ2v) is 11.5. The number of benzene rings is 2. The molecule has 2 aliphatic heterocycles. The Hall–Kier alpha value is -3.21. The van der Waals surface area contributed by atoms with E-state index in [9.17, 15) is 23.1 Å². The standard InChI is InChI=1S/C29H29F3N4O2S/c30-29(31,32)20-8-9-23-24(15-20)34-27(33-23)26-11-10-25(39-26)18-4-6-19(7-5-18)28(38)36-13-2-1-3-21(36)16-35-14-12-22(37)17-35/h4-11,15,21-22,37H,1-3,12-14,16-17H2,(H,33,34). The van der Waals surface area contributed by atoms with E-state index in [1.165, 1.54) is 17.4 Å². The van der Waals surface area contributed by atoms with Crippen LogP contribution in [0.1, 0.15) is 41.6 Å². The summed E-state index contributed by atoms with van der Waals surface area (Å²) in [6.45, 7) is 3.11. The predicted octanol–water partition coefficient (Wildman–Crippen LogP) is 6.04. The Labute approximate surface area is 228 Å². The molecular weight excluding hydrogens is 525 g/mol. The number of hydrogen-bond acceptors (Lipinski definition) is 5. The van der Waals surface area contributed by atoms with Crippen molar-refractivity contribution in [1.82, 2.24) is 19.8 Å². The van der Waals surface area contributed by atoms with E-state index >= 15 is 0 Å². The minimum absolute atomic E-state index is 0.0402. The lowest BCUT2D eigenvalue weighted by Gasteiger charge is -2.38. The van der Waals surface area contributed by atoms with Gasteiger partial charge in [-0.2, -0.15) is 13.2 Å². The van der Waals surface area contributed by atoms with Crippen LogP contribution in [0.25, 0.3) is 32.2 Å². The number of likely N-dealkylation sites (tertiary alicyclic amines) is 2. The van der Waals surface area contributed by atoms with Crippen LogP contribution < -0.4 is 0 Å². The molecule has 2 fully saturated rings. The molecule has 0 radical (unpaired) electrons. The van der Waals surface area contributed by atoms with E-state index in [0.29, 0.717) is 29.0 Å². The van der Waals surface area contributed by atoms with Crippen LogP contribution in [0.4, 0.5) is 13.2 Å². The van der Waals surface area contributed by atoms with E-state index in [1.54, 1.807) is 0 Å². The van der Waals surface area contributed by atoms with Gasteiger partial charge in [0.05, 0.1) is 27.6 Å². The number of amides is 1. The summed E-state index contributed by atoms with van der Waals surface area (Å²) >= 11 is 1.49. The van der Waals surface area contributed by atoms with Crippen molar-refractivity contribution < 1.29 is 23.1 Å². The molecule has 10 heteroatoms. The van der Waals surface area contributed by atoms with Gasteiger partial charge >= 0.3 is 6.18 Å². The number of carbonyl (C=O) groups is 1. The molecule has 2 saturated heterocycles. The maximum atomic E-state index is 13.4. The first-order valence-corrected chi connectivity index (χ1v) is 14.1. The van der Waals surface area contributed by atoms with Crippen molar-refractivity contribution in [3.63, 3.8) is 0 Å². The van der Waals surface area contributed by atoms with Crippen LogP contribution in [0.3, 0.4) is 0 Å². The highest BCUT2D eigenvalue weighted by molar-refractivity contribution is 7.18. The number of carbonyl (C=O) groups excluding carboxylic acids is 1. The van der Waals surface area contributed by atoms with Crippen molar-refractivity contribution >= 4 is 28.3 Å². The topological polar surface area (TPSA) is 72.5 Å². The summed E-state index contributed by atoms with van der Waals surface area (Å²) in [5, 5.41) is 9.87. The number of β-amino-alcohol motifs (C(OH)–C–C–N with tert-alkyl or cyclic N) is 1.